The van der Waals surface area contributed by atoms with Crippen LogP contribution in [0.4, 0.5) is 11.4 Å². The van der Waals surface area contributed by atoms with Crippen molar-refractivity contribution in [2.75, 3.05) is 73.5 Å². The summed E-state index contributed by atoms with van der Waals surface area (Å²) in [5.74, 6) is -0.706. The van der Waals surface area contributed by atoms with E-state index in [4.69, 9.17) is 0 Å². The number of nitrogens with zero attached hydrogens (tertiary/aromatic N) is 3. The predicted molar refractivity (Wildman–Crippen MR) is 266 cm³/mol. The van der Waals surface area contributed by atoms with Gasteiger partial charge in [-0.25, -0.2) is 8.42 Å². The van der Waals surface area contributed by atoms with Crippen LogP contribution >= 0.6 is 0 Å². The number of rotatable bonds is 18. The molecule has 66 heavy (non-hydrogen) atoms. The number of carboxylic acids is 1. The van der Waals surface area contributed by atoms with Crippen LogP contribution in [-0.2, 0) is 42.0 Å². The molecule has 11 nitrogen and oxygen atoms in total. The number of fused-ring (bicyclic) bond motifs is 2. The van der Waals surface area contributed by atoms with Crippen molar-refractivity contribution in [2.45, 2.75) is 106 Å². The van der Waals surface area contributed by atoms with Gasteiger partial charge in [0.2, 0.25) is 5.69 Å². The molecule has 0 saturated carbocycles. The molecule has 1 heterocycles. The molecule has 3 aliphatic rings. The van der Waals surface area contributed by atoms with Crippen LogP contribution in [0.3, 0.4) is 0 Å². The standard InChI is InChI=1S/C53H70N4O7S2/c1-52(2)45(43(17-13-33-56(5,6)7)44-27-25-41(35-46(44)52)65(11,60)61)28-21-38-15-12-16-39(51(38)54-40-23-18-37(19-24-40)20-31-50(58)59)22-30-49-53(3,4)47-36-42(66(62,63)64)26-29-48(47)55(49)32-14-34-57(8,9)10/h18-19,21-30,35-36,43H,12-17,20,31-34H2,1-11H3/p+3/b38-21+,45-28-. The third-order valence-corrected chi connectivity index (χ3v) is 15.5. The van der Waals surface area contributed by atoms with E-state index >= 15 is 0 Å². The second-order valence-corrected chi connectivity index (χ2v) is 25.1. The lowest BCUT2D eigenvalue weighted by Crippen LogP contribution is -2.36. The molecule has 0 radical (unpaired) electrons. The van der Waals surface area contributed by atoms with Crippen LogP contribution in [-0.4, -0.2) is 120 Å². The van der Waals surface area contributed by atoms with Crippen molar-refractivity contribution < 1.29 is 44.8 Å². The topological polar surface area (TPSA) is 141 Å². The zero-order valence-corrected chi connectivity index (χ0v) is 42.7. The summed E-state index contributed by atoms with van der Waals surface area (Å²) in [7, 11) is 5.33. The van der Waals surface area contributed by atoms with E-state index in [9.17, 15) is 31.3 Å². The lowest BCUT2D eigenvalue weighted by atomic mass is 9.79. The minimum Gasteiger partial charge on any atom is -0.481 e. The summed E-state index contributed by atoms with van der Waals surface area (Å²) in [4.78, 5) is 11.5. The van der Waals surface area contributed by atoms with Gasteiger partial charge in [-0.3, -0.25) is 9.35 Å². The quantitative estimate of drug-likeness (QED) is 0.0652. The number of quaternary nitrogens is 2. The average molecular weight is 942 g/mol. The first kappa shape index (κ1) is 50.7. The van der Waals surface area contributed by atoms with Gasteiger partial charge in [-0.2, -0.15) is 13.0 Å². The summed E-state index contributed by atoms with van der Waals surface area (Å²) in [5, 5.41) is 13.1. The van der Waals surface area contributed by atoms with E-state index in [2.05, 4.69) is 104 Å². The molecule has 0 amide bonds. The first-order valence-electron chi connectivity index (χ1n) is 23.2. The number of carboxylic acid groups (broad SMARTS) is 1. The van der Waals surface area contributed by atoms with Crippen molar-refractivity contribution >= 4 is 43.0 Å². The van der Waals surface area contributed by atoms with E-state index in [1.165, 1.54) is 23.5 Å². The predicted octanol–water partition coefficient (Wildman–Crippen LogP) is 9.35. The number of aryl methyl sites for hydroxylation is 1. The molecule has 3 aromatic rings. The molecule has 0 bridgehead atoms. The third kappa shape index (κ3) is 11.9. The highest BCUT2D eigenvalue weighted by Crippen LogP contribution is 2.53. The Balaban J connectivity index is 1.48. The van der Waals surface area contributed by atoms with E-state index in [1.54, 1.807) is 12.1 Å². The SMILES string of the molecule is CC1(C)C(/C=C/C2=C(Nc3ccc(CCC(=O)O)cc3)C(=C/C=C3/C(CCC[N+](C)(C)C)c4ccc(S(C)(=O)=O)cc4C3(C)C)/CCC2)=[N+](CCC[N+](C)(C)C)c2ccc(S(=O)(=O)O)cc21. The third-order valence-electron chi connectivity index (χ3n) is 13.6. The average Bonchev–Trinajstić information content (AvgIpc) is 3.55. The normalized spacial score (nSPS) is 19.8. The molecule has 0 saturated heterocycles. The lowest BCUT2D eigenvalue weighted by molar-refractivity contribution is -0.871. The first-order valence-corrected chi connectivity index (χ1v) is 26.5. The number of carbonyl (C=O) groups is 1. The summed E-state index contributed by atoms with van der Waals surface area (Å²) in [6, 6.07) is 18.5. The number of sulfone groups is 1. The van der Waals surface area contributed by atoms with E-state index in [0.717, 1.165) is 118 Å². The fourth-order valence-corrected chi connectivity index (χ4v) is 11.1. The maximum Gasteiger partial charge on any atom is 0.303 e. The Labute approximate surface area is 394 Å². The van der Waals surface area contributed by atoms with Gasteiger partial charge in [-0.1, -0.05) is 55.8 Å². The Morgan fingerprint density at radius 3 is 2.06 bits per heavy atom. The fourth-order valence-electron chi connectivity index (χ4n) is 9.97. The number of benzene rings is 3. The van der Waals surface area contributed by atoms with Crippen LogP contribution in [0.25, 0.3) is 0 Å². The Bertz CT molecular complexity index is 2740. The molecule has 1 aliphatic heterocycles. The molecule has 13 heteroatoms. The second kappa shape index (κ2) is 19.1. The molecular formula is C53H73N4O7S2+3. The lowest BCUT2D eigenvalue weighted by Gasteiger charge is -2.27. The molecular weight excluding hydrogens is 869 g/mol. The van der Waals surface area contributed by atoms with Crippen molar-refractivity contribution in [1.29, 1.82) is 0 Å². The summed E-state index contributed by atoms with van der Waals surface area (Å²) >= 11 is 0. The van der Waals surface area contributed by atoms with Crippen molar-refractivity contribution in [3.05, 3.63) is 130 Å². The summed E-state index contributed by atoms with van der Waals surface area (Å²) in [6.07, 6.45) is 16.2. The van der Waals surface area contributed by atoms with Crippen LogP contribution in [0.5, 0.6) is 0 Å². The summed E-state index contributed by atoms with van der Waals surface area (Å²) in [6.45, 7) is 11.3. The van der Waals surface area contributed by atoms with Gasteiger partial charge in [0.1, 0.15) is 0 Å². The van der Waals surface area contributed by atoms with Crippen LogP contribution in [0.15, 0.2) is 117 Å². The first-order chi connectivity index (χ1) is 30.6. The highest BCUT2D eigenvalue weighted by atomic mass is 32.2. The van der Waals surface area contributed by atoms with Crippen molar-refractivity contribution in [3.63, 3.8) is 0 Å². The highest BCUT2D eigenvalue weighted by molar-refractivity contribution is 7.90. The minimum absolute atomic E-state index is 0.0586. The van der Waals surface area contributed by atoms with E-state index < -0.39 is 36.8 Å². The van der Waals surface area contributed by atoms with Gasteiger partial charge >= 0.3 is 5.97 Å². The Morgan fingerprint density at radius 2 is 1.44 bits per heavy atom. The molecule has 3 N–H and O–H groups in total. The molecule has 0 spiro atoms. The molecule has 6 rings (SSSR count). The molecule has 1 atom stereocenters. The summed E-state index contributed by atoms with van der Waals surface area (Å²) < 4.78 is 64.3. The van der Waals surface area contributed by atoms with Gasteiger partial charge < -0.3 is 19.4 Å². The number of hydrogen-bond acceptors (Lipinski definition) is 6. The number of aliphatic carboxylic acids is 1. The van der Waals surface area contributed by atoms with Crippen molar-refractivity contribution in [1.82, 2.24) is 0 Å². The highest BCUT2D eigenvalue weighted by Gasteiger charge is 2.45. The molecule has 2 aliphatic carbocycles. The number of allylic oxidation sites excluding steroid dienone is 7. The van der Waals surface area contributed by atoms with E-state index in [-0.39, 0.29) is 17.2 Å². The van der Waals surface area contributed by atoms with E-state index in [1.807, 2.05) is 42.5 Å². The van der Waals surface area contributed by atoms with Gasteiger partial charge in [0.05, 0.1) is 77.0 Å². The zero-order chi connectivity index (χ0) is 48.6. The Hall–Kier alpha value is -4.66. The fraction of sp³-hybridized carbons (Fsp3) is 0.472. The largest absolute Gasteiger partial charge is 0.481 e. The maximum absolute atomic E-state index is 12.8. The van der Waals surface area contributed by atoms with Gasteiger partial charge in [-0.15, -0.1) is 0 Å². The van der Waals surface area contributed by atoms with Gasteiger partial charge in [0.15, 0.2) is 22.1 Å². The Morgan fingerprint density at radius 1 is 0.803 bits per heavy atom. The van der Waals surface area contributed by atoms with Crippen molar-refractivity contribution in [3.8, 4) is 0 Å². The number of anilines is 1. The minimum atomic E-state index is -4.41. The number of hydrogen-bond donors (Lipinski definition) is 3. The monoisotopic (exact) mass is 941 g/mol. The van der Waals surface area contributed by atoms with Gasteiger partial charge in [0, 0.05) is 53.1 Å². The smallest absolute Gasteiger partial charge is 0.303 e. The van der Waals surface area contributed by atoms with Crippen LogP contribution in [0.1, 0.15) is 101 Å². The van der Waals surface area contributed by atoms with Gasteiger partial charge in [0.25, 0.3) is 10.1 Å². The van der Waals surface area contributed by atoms with Crippen LogP contribution < -0.4 is 5.32 Å². The van der Waals surface area contributed by atoms with Gasteiger partial charge in [-0.05, 0) is 117 Å². The molecule has 3 aromatic carbocycles. The molecule has 1 unspecified atom stereocenters. The Kier molecular flexibility index (Phi) is 14.7. The number of nitrogens with one attached hydrogen (secondary N) is 1. The molecule has 0 fully saturated rings. The molecule has 0 aromatic heterocycles. The van der Waals surface area contributed by atoms with Crippen LogP contribution in [0.2, 0.25) is 0 Å². The zero-order valence-electron chi connectivity index (χ0n) is 41.0. The molecule has 356 valence electrons. The maximum atomic E-state index is 12.8. The second-order valence-electron chi connectivity index (χ2n) is 21.7. The van der Waals surface area contributed by atoms with Crippen LogP contribution in [0, 0.1) is 0 Å². The van der Waals surface area contributed by atoms with E-state index in [0.29, 0.717) is 11.3 Å². The van der Waals surface area contributed by atoms with Crippen molar-refractivity contribution in [2.24, 2.45) is 0 Å². The summed E-state index contributed by atoms with van der Waals surface area (Å²) in [5.41, 5.74) is 10.4.